The fourth-order valence-corrected chi connectivity index (χ4v) is 2.21. The van der Waals surface area contributed by atoms with Crippen molar-refractivity contribution >= 4 is 11.9 Å². The maximum absolute atomic E-state index is 11.3. The monoisotopic (exact) mass is 219 g/mol. The van der Waals surface area contributed by atoms with E-state index in [0.29, 0.717) is 6.54 Å². The highest BCUT2D eigenvalue weighted by Crippen LogP contribution is 2.34. The van der Waals surface area contributed by atoms with Gasteiger partial charge >= 0.3 is 5.97 Å². The van der Waals surface area contributed by atoms with Gasteiger partial charge in [-0.15, -0.1) is 0 Å². The molecule has 0 aliphatic carbocycles. The quantitative estimate of drug-likeness (QED) is 0.794. The van der Waals surface area contributed by atoms with E-state index in [2.05, 4.69) is 5.32 Å². The number of rotatable bonds is 3. The van der Waals surface area contributed by atoms with Gasteiger partial charge < -0.3 is 10.4 Å². The van der Waals surface area contributed by atoms with Crippen molar-refractivity contribution < 1.29 is 14.7 Å². The van der Waals surface area contributed by atoms with E-state index < -0.39 is 11.4 Å². The number of amides is 1. The van der Waals surface area contributed by atoms with Crippen LogP contribution in [-0.2, 0) is 15.0 Å². The van der Waals surface area contributed by atoms with Gasteiger partial charge in [-0.25, -0.2) is 0 Å². The van der Waals surface area contributed by atoms with E-state index in [-0.39, 0.29) is 18.7 Å². The van der Waals surface area contributed by atoms with Crippen LogP contribution in [0.5, 0.6) is 0 Å². The molecule has 4 heteroatoms. The number of carboxylic acid groups (broad SMARTS) is 1. The molecule has 1 saturated heterocycles. The van der Waals surface area contributed by atoms with Crippen LogP contribution in [0.15, 0.2) is 30.3 Å². The SMILES string of the molecule is O=C(O)CC1(c2ccccc2)CNC(=O)C1. The number of aliphatic carboxylic acids is 1. The van der Waals surface area contributed by atoms with Gasteiger partial charge in [-0.2, -0.15) is 0 Å². The zero-order valence-corrected chi connectivity index (χ0v) is 8.77. The van der Waals surface area contributed by atoms with E-state index >= 15 is 0 Å². The number of benzene rings is 1. The van der Waals surface area contributed by atoms with E-state index in [1.165, 1.54) is 0 Å². The zero-order valence-electron chi connectivity index (χ0n) is 8.77. The lowest BCUT2D eigenvalue weighted by molar-refractivity contribution is -0.138. The third kappa shape index (κ3) is 1.91. The summed E-state index contributed by atoms with van der Waals surface area (Å²) in [4.78, 5) is 22.2. The van der Waals surface area contributed by atoms with Crippen molar-refractivity contribution in [2.24, 2.45) is 0 Å². The van der Waals surface area contributed by atoms with E-state index in [0.717, 1.165) is 5.56 Å². The van der Waals surface area contributed by atoms with Crippen molar-refractivity contribution in [3.05, 3.63) is 35.9 Å². The molecule has 1 unspecified atom stereocenters. The van der Waals surface area contributed by atoms with Crippen LogP contribution in [0.25, 0.3) is 0 Å². The summed E-state index contributed by atoms with van der Waals surface area (Å²) in [5.41, 5.74) is 0.334. The Morgan fingerprint density at radius 1 is 1.38 bits per heavy atom. The number of carboxylic acids is 1. The van der Waals surface area contributed by atoms with Crippen LogP contribution in [0.3, 0.4) is 0 Å². The van der Waals surface area contributed by atoms with Gasteiger partial charge in [0.2, 0.25) is 5.91 Å². The minimum atomic E-state index is -0.875. The molecule has 0 bridgehead atoms. The van der Waals surface area contributed by atoms with Crippen LogP contribution < -0.4 is 5.32 Å². The first kappa shape index (κ1) is 10.7. The van der Waals surface area contributed by atoms with Crippen molar-refractivity contribution in [3.8, 4) is 0 Å². The fraction of sp³-hybridized carbons (Fsp3) is 0.333. The molecule has 1 fully saturated rings. The molecule has 1 aromatic carbocycles. The lowest BCUT2D eigenvalue weighted by Crippen LogP contribution is -2.31. The Balaban J connectivity index is 2.35. The first-order valence-electron chi connectivity index (χ1n) is 5.16. The van der Waals surface area contributed by atoms with Crippen molar-refractivity contribution in [1.82, 2.24) is 5.32 Å². The Labute approximate surface area is 93.3 Å². The Kier molecular flexibility index (Phi) is 2.64. The molecule has 1 aliphatic rings. The molecule has 1 aromatic rings. The molecule has 1 heterocycles. The summed E-state index contributed by atoms with van der Waals surface area (Å²) in [5.74, 6) is -0.953. The number of hydrogen-bond acceptors (Lipinski definition) is 2. The first-order valence-corrected chi connectivity index (χ1v) is 5.16. The van der Waals surface area contributed by atoms with Gasteiger partial charge in [0.15, 0.2) is 0 Å². The van der Waals surface area contributed by atoms with Crippen LogP contribution in [0.2, 0.25) is 0 Å². The molecule has 0 radical (unpaired) electrons. The maximum Gasteiger partial charge on any atom is 0.304 e. The van der Waals surface area contributed by atoms with Crippen LogP contribution in [0.1, 0.15) is 18.4 Å². The molecule has 0 aromatic heterocycles. The van der Waals surface area contributed by atoms with Gasteiger partial charge in [0.25, 0.3) is 0 Å². The Morgan fingerprint density at radius 2 is 2.06 bits per heavy atom. The van der Waals surface area contributed by atoms with E-state index in [4.69, 9.17) is 5.11 Å². The van der Waals surface area contributed by atoms with E-state index in [9.17, 15) is 9.59 Å². The summed E-state index contributed by atoms with van der Waals surface area (Å²) in [5, 5.41) is 11.7. The molecule has 2 rings (SSSR count). The van der Waals surface area contributed by atoms with Gasteiger partial charge in [-0.1, -0.05) is 30.3 Å². The normalized spacial score (nSPS) is 24.1. The standard InChI is InChI=1S/C12H13NO3/c14-10-6-12(8-13-10,7-11(15)16)9-4-2-1-3-5-9/h1-5H,6-8H2,(H,13,14)(H,15,16). The molecule has 0 spiro atoms. The third-order valence-electron chi connectivity index (χ3n) is 3.00. The minimum absolute atomic E-state index is 0.0181. The molecule has 1 atom stereocenters. The highest BCUT2D eigenvalue weighted by molar-refractivity contribution is 5.82. The average Bonchev–Trinajstić information content (AvgIpc) is 2.62. The Bertz CT molecular complexity index is 416. The number of carbonyl (C=O) groups excluding carboxylic acids is 1. The van der Waals surface area contributed by atoms with Crippen LogP contribution in [0, 0.1) is 0 Å². The predicted molar refractivity (Wildman–Crippen MR) is 58.0 cm³/mol. The largest absolute Gasteiger partial charge is 0.481 e. The second kappa shape index (κ2) is 3.96. The number of carbonyl (C=O) groups is 2. The van der Waals surface area contributed by atoms with Gasteiger partial charge in [-0.3, -0.25) is 9.59 Å². The molecule has 2 N–H and O–H groups in total. The molecule has 84 valence electrons. The molecule has 1 amide bonds. The molecule has 16 heavy (non-hydrogen) atoms. The highest BCUT2D eigenvalue weighted by atomic mass is 16.4. The summed E-state index contributed by atoms with van der Waals surface area (Å²) in [7, 11) is 0. The van der Waals surface area contributed by atoms with Gasteiger partial charge in [0.05, 0.1) is 6.42 Å². The Morgan fingerprint density at radius 3 is 2.56 bits per heavy atom. The molecule has 0 saturated carbocycles. The van der Waals surface area contributed by atoms with Crippen LogP contribution in [-0.4, -0.2) is 23.5 Å². The molecule has 1 aliphatic heterocycles. The van der Waals surface area contributed by atoms with Crippen molar-refractivity contribution in [1.29, 1.82) is 0 Å². The van der Waals surface area contributed by atoms with Crippen LogP contribution in [0.4, 0.5) is 0 Å². The molecular weight excluding hydrogens is 206 g/mol. The Hall–Kier alpha value is -1.84. The van der Waals surface area contributed by atoms with E-state index in [1.807, 2.05) is 30.3 Å². The van der Waals surface area contributed by atoms with E-state index in [1.54, 1.807) is 0 Å². The van der Waals surface area contributed by atoms with Gasteiger partial charge in [-0.05, 0) is 5.56 Å². The molecule has 4 nitrogen and oxygen atoms in total. The van der Waals surface area contributed by atoms with Crippen molar-refractivity contribution in [2.75, 3.05) is 6.54 Å². The predicted octanol–water partition coefficient (Wildman–Crippen LogP) is 0.919. The second-order valence-electron chi connectivity index (χ2n) is 4.17. The van der Waals surface area contributed by atoms with Crippen molar-refractivity contribution in [2.45, 2.75) is 18.3 Å². The molecular formula is C12H13NO3. The van der Waals surface area contributed by atoms with Crippen molar-refractivity contribution in [3.63, 3.8) is 0 Å². The smallest absolute Gasteiger partial charge is 0.304 e. The highest BCUT2D eigenvalue weighted by Gasteiger charge is 2.41. The van der Waals surface area contributed by atoms with Gasteiger partial charge in [0.1, 0.15) is 0 Å². The summed E-state index contributed by atoms with van der Waals surface area (Å²) >= 11 is 0. The van der Waals surface area contributed by atoms with Crippen LogP contribution >= 0.6 is 0 Å². The number of nitrogens with one attached hydrogen (secondary N) is 1. The topological polar surface area (TPSA) is 66.4 Å². The summed E-state index contributed by atoms with van der Waals surface area (Å²) < 4.78 is 0. The summed E-state index contributed by atoms with van der Waals surface area (Å²) in [6.45, 7) is 0.405. The first-order chi connectivity index (χ1) is 7.62. The zero-order chi connectivity index (χ0) is 11.6. The minimum Gasteiger partial charge on any atom is -0.481 e. The average molecular weight is 219 g/mol. The third-order valence-corrected chi connectivity index (χ3v) is 3.00. The lowest BCUT2D eigenvalue weighted by atomic mass is 9.77. The lowest BCUT2D eigenvalue weighted by Gasteiger charge is -2.25. The summed E-state index contributed by atoms with van der Waals surface area (Å²) in [6, 6.07) is 9.36. The summed E-state index contributed by atoms with van der Waals surface area (Å²) in [6.07, 6.45) is 0.235. The van der Waals surface area contributed by atoms with Gasteiger partial charge in [0, 0.05) is 18.4 Å². The maximum atomic E-state index is 11.3. The second-order valence-corrected chi connectivity index (χ2v) is 4.17. The number of hydrogen-bond donors (Lipinski definition) is 2. The fourth-order valence-electron chi connectivity index (χ4n) is 2.21.